The second kappa shape index (κ2) is 5.93. The Kier molecular flexibility index (Phi) is 3.82. The SMILES string of the molecule is Cc1nc(NS(=O)(=O)c2cnc3c2ccc2ccc[nH]c23)c(F)cc1Cl. The highest BCUT2D eigenvalue weighted by Crippen LogP contribution is 2.30. The summed E-state index contributed by atoms with van der Waals surface area (Å²) < 4.78 is 41.7. The topological polar surface area (TPSA) is 87.7 Å². The number of hydrogen-bond donors (Lipinski definition) is 2. The number of rotatable bonds is 3. The number of nitrogens with zero attached hydrogens (tertiary/aromatic N) is 2. The van der Waals surface area contributed by atoms with Crippen molar-refractivity contribution in [3.05, 3.63) is 59.3 Å². The molecule has 0 aliphatic rings. The third kappa shape index (κ3) is 2.67. The summed E-state index contributed by atoms with van der Waals surface area (Å²) in [5, 5.41) is 1.45. The molecule has 3 heterocycles. The maximum atomic E-state index is 14.0. The van der Waals surface area contributed by atoms with Gasteiger partial charge in [-0.1, -0.05) is 29.8 Å². The van der Waals surface area contributed by atoms with Crippen molar-refractivity contribution in [3.8, 4) is 0 Å². The highest BCUT2D eigenvalue weighted by molar-refractivity contribution is 7.93. The zero-order chi connectivity index (χ0) is 18.5. The van der Waals surface area contributed by atoms with Gasteiger partial charge in [-0.25, -0.2) is 17.8 Å². The molecule has 0 aliphatic carbocycles. The fourth-order valence-electron chi connectivity index (χ4n) is 2.73. The molecule has 0 spiro atoms. The molecule has 26 heavy (non-hydrogen) atoms. The van der Waals surface area contributed by atoms with Crippen LogP contribution in [0.25, 0.3) is 21.8 Å². The van der Waals surface area contributed by atoms with E-state index in [1.165, 1.54) is 6.20 Å². The molecular weight excluding hydrogens is 379 g/mol. The van der Waals surface area contributed by atoms with E-state index >= 15 is 0 Å². The summed E-state index contributed by atoms with van der Waals surface area (Å²) in [6.45, 7) is 1.56. The zero-order valence-corrected chi connectivity index (χ0v) is 15.0. The van der Waals surface area contributed by atoms with Gasteiger partial charge in [-0.15, -0.1) is 0 Å². The van der Waals surface area contributed by atoms with E-state index in [0.717, 1.165) is 17.0 Å². The number of aromatic nitrogens is 3. The average Bonchev–Trinajstić information content (AvgIpc) is 3.05. The van der Waals surface area contributed by atoms with Crippen LogP contribution in [0.2, 0.25) is 5.02 Å². The Balaban J connectivity index is 1.84. The molecular formula is C17H12ClFN4O2S. The van der Waals surface area contributed by atoms with Gasteiger partial charge in [-0.3, -0.25) is 9.71 Å². The van der Waals surface area contributed by atoms with Gasteiger partial charge < -0.3 is 4.98 Å². The van der Waals surface area contributed by atoms with Crippen LogP contribution in [0, 0.1) is 12.7 Å². The van der Waals surface area contributed by atoms with Crippen LogP contribution in [0.4, 0.5) is 10.2 Å². The summed E-state index contributed by atoms with van der Waals surface area (Å²) in [6.07, 6.45) is 2.98. The van der Waals surface area contributed by atoms with Gasteiger partial charge in [0.1, 0.15) is 4.90 Å². The molecule has 0 bridgehead atoms. The minimum atomic E-state index is -4.09. The molecule has 6 nitrogen and oxygen atoms in total. The highest BCUT2D eigenvalue weighted by Gasteiger charge is 2.23. The van der Waals surface area contributed by atoms with Crippen molar-refractivity contribution in [1.29, 1.82) is 0 Å². The zero-order valence-electron chi connectivity index (χ0n) is 13.4. The van der Waals surface area contributed by atoms with Crippen LogP contribution >= 0.6 is 11.6 Å². The van der Waals surface area contributed by atoms with E-state index in [1.54, 1.807) is 25.3 Å². The molecule has 0 unspecified atom stereocenters. The van der Waals surface area contributed by atoms with Crippen LogP contribution in [0.15, 0.2) is 47.6 Å². The Bertz CT molecular complexity index is 1270. The first kappa shape index (κ1) is 16.7. The van der Waals surface area contributed by atoms with Crippen LogP contribution in [0.1, 0.15) is 5.69 Å². The minimum Gasteiger partial charge on any atom is -0.359 e. The van der Waals surface area contributed by atoms with Crippen LogP contribution in [0.5, 0.6) is 0 Å². The highest BCUT2D eigenvalue weighted by atomic mass is 35.5. The molecule has 0 amide bonds. The lowest BCUT2D eigenvalue weighted by Crippen LogP contribution is -2.15. The van der Waals surface area contributed by atoms with E-state index in [2.05, 4.69) is 19.7 Å². The van der Waals surface area contributed by atoms with E-state index in [-0.39, 0.29) is 9.92 Å². The number of benzene rings is 1. The lowest BCUT2D eigenvalue weighted by Gasteiger charge is -2.09. The van der Waals surface area contributed by atoms with Gasteiger partial charge in [0, 0.05) is 23.2 Å². The second-order valence-corrected chi connectivity index (χ2v) is 7.77. The number of hydrogen-bond acceptors (Lipinski definition) is 4. The molecule has 1 aromatic carbocycles. The summed E-state index contributed by atoms with van der Waals surface area (Å²) in [7, 11) is -4.09. The van der Waals surface area contributed by atoms with E-state index in [1.807, 2.05) is 12.1 Å². The molecule has 2 N–H and O–H groups in total. The Morgan fingerprint density at radius 1 is 1.27 bits per heavy atom. The van der Waals surface area contributed by atoms with Gasteiger partial charge in [-0.05, 0) is 19.1 Å². The van der Waals surface area contributed by atoms with Crippen molar-refractivity contribution in [3.63, 3.8) is 0 Å². The number of nitrogens with one attached hydrogen (secondary N) is 2. The third-order valence-electron chi connectivity index (χ3n) is 4.01. The van der Waals surface area contributed by atoms with Gasteiger partial charge in [-0.2, -0.15) is 0 Å². The Hall–Kier alpha value is -2.71. The molecule has 0 saturated heterocycles. The lowest BCUT2D eigenvalue weighted by molar-refractivity contribution is 0.598. The first-order chi connectivity index (χ1) is 12.4. The van der Waals surface area contributed by atoms with Crippen molar-refractivity contribution >= 4 is 49.2 Å². The molecule has 0 radical (unpaired) electrons. The second-order valence-electron chi connectivity index (χ2n) is 5.71. The van der Waals surface area contributed by atoms with E-state index < -0.39 is 21.7 Å². The van der Waals surface area contributed by atoms with Crippen molar-refractivity contribution in [2.24, 2.45) is 0 Å². The normalized spacial score (nSPS) is 12.0. The number of pyridine rings is 2. The van der Waals surface area contributed by atoms with E-state index in [9.17, 15) is 12.8 Å². The number of aromatic amines is 1. The smallest absolute Gasteiger partial charge is 0.265 e. The van der Waals surface area contributed by atoms with Gasteiger partial charge >= 0.3 is 0 Å². The fraction of sp³-hybridized carbons (Fsp3) is 0.0588. The minimum absolute atomic E-state index is 0.0551. The Morgan fingerprint density at radius 3 is 2.88 bits per heavy atom. The molecule has 0 fully saturated rings. The average molecular weight is 391 g/mol. The summed E-state index contributed by atoms with van der Waals surface area (Å²) in [6, 6.07) is 8.21. The number of H-pyrrole nitrogens is 1. The monoisotopic (exact) mass is 390 g/mol. The van der Waals surface area contributed by atoms with Gasteiger partial charge in [0.15, 0.2) is 11.6 Å². The summed E-state index contributed by atoms with van der Waals surface area (Å²) in [4.78, 5) is 11.1. The Labute approximate surface area is 153 Å². The van der Waals surface area contributed by atoms with Crippen molar-refractivity contribution < 1.29 is 12.8 Å². The molecule has 132 valence electrons. The first-order valence-electron chi connectivity index (χ1n) is 7.57. The maximum absolute atomic E-state index is 14.0. The van der Waals surface area contributed by atoms with Crippen LogP contribution in [0.3, 0.4) is 0 Å². The van der Waals surface area contributed by atoms with Crippen LogP contribution in [-0.4, -0.2) is 23.4 Å². The van der Waals surface area contributed by atoms with Crippen molar-refractivity contribution in [2.45, 2.75) is 11.8 Å². The van der Waals surface area contributed by atoms with Gasteiger partial charge in [0.2, 0.25) is 0 Å². The van der Waals surface area contributed by atoms with Crippen LogP contribution < -0.4 is 4.72 Å². The number of anilines is 1. The number of sulfonamides is 1. The number of fused-ring (bicyclic) bond motifs is 3. The van der Waals surface area contributed by atoms with Crippen molar-refractivity contribution in [2.75, 3.05) is 4.72 Å². The summed E-state index contributed by atoms with van der Waals surface area (Å²) in [5.74, 6) is -1.26. The molecule has 4 rings (SSSR count). The molecule has 0 saturated carbocycles. The third-order valence-corrected chi connectivity index (χ3v) is 5.76. The molecule has 0 aliphatic heterocycles. The lowest BCUT2D eigenvalue weighted by atomic mass is 10.1. The van der Waals surface area contributed by atoms with E-state index in [4.69, 9.17) is 11.6 Å². The first-order valence-corrected chi connectivity index (χ1v) is 9.43. The fourth-order valence-corrected chi connectivity index (χ4v) is 4.02. The number of halogens is 2. The predicted molar refractivity (Wildman–Crippen MR) is 98.4 cm³/mol. The molecule has 9 heteroatoms. The van der Waals surface area contributed by atoms with Gasteiger partial charge in [0.05, 0.1) is 21.7 Å². The standard InChI is InChI=1S/C17H12ClFN4O2S/c1-9-12(18)7-13(19)17(22-9)23-26(24,25)14-8-21-16-11(14)5-4-10-3-2-6-20-15(10)16/h2-8,20H,1H3,(H,22,23). The van der Waals surface area contributed by atoms with E-state index in [0.29, 0.717) is 16.6 Å². The van der Waals surface area contributed by atoms with Gasteiger partial charge in [0.25, 0.3) is 10.0 Å². The molecule has 3 aromatic heterocycles. The Morgan fingerprint density at radius 2 is 2.08 bits per heavy atom. The quantitative estimate of drug-likeness (QED) is 0.553. The predicted octanol–water partition coefficient (Wildman–Crippen LogP) is 4.01. The molecule has 4 aromatic rings. The summed E-state index contributed by atoms with van der Waals surface area (Å²) >= 11 is 5.80. The van der Waals surface area contributed by atoms with Crippen molar-refractivity contribution in [1.82, 2.24) is 15.0 Å². The number of aryl methyl sites for hydroxylation is 1. The maximum Gasteiger partial charge on any atom is 0.265 e. The largest absolute Gasteiger partial charge is 0.359 e. The molecule has 0 atom stereocenters. The van der Waals surface area contributed by atoms with Crippen LogP contribution in [-0.2, 0) is 10.0 Å². The summed E-state index contributed by atoms with van der Waals surface area (Å²) in [5.41, 5.74) is 1.55.